The normalized spacial score (nSPS) is 22.2. The molecule has 3 heterocycles. The Morgan fingerprint density at radius 2 is 1.89 bits per heavy atom. The smallest absolute Gasteiger partial charge is 0.237 e. The fourth-order valence-corrected chi connectivity index (χ4v) is 5.53. The van der Waals surface area contributed by atoms with Gasteiger partial charge in [0, 0.05) is 35.2 Å². The van der Waals surface area contributed by atoms with Crippen molar-refractivity contribution in [3.63, 3.8) is 0 Å². The van der Waals surface area contributed by atoms with Crippen LogP contribution in [0, 0.1) is 17.7 Å². The highest BCUT2D eigenvalue weighted by Crippen LogP contribution is 2.36. The van der Waals surface area contributed by atoms with Crippen LogP contribution in [-0.4, -0.2) is 78.4 Å². The lowest BCUT2D eigenvalue weighted by molar-refractivity contribution is -0.134. The van der Waals surface area contributed by atoms with E-state index >= 15 is 0 Å². The summed E-state index contributed by atoms with van der Waals surface area (Å²) in [6.07, 6.45) is 4.51. The van der Waals surface area contributed by atoms with E-state index in [1.165, 1.54) is 12.1 Å². The van der Waals surface area contributed by atoms with Gasteiger partial charge in [-0.25, -0.2) is 4.39 Å². The molecule has 0 radical (unpaired) electrons. The molecule has 1 saturated heterocycles. The van der Waals surface area contributed by atoms with Gasteiger partial charge in [0.05, 0.1) is 38.4 Å². The van der Waals surface area contributed by atoms with Crippen LogP contribution in [0.1, 0.15) is 55.8 Å². The summed E-state index contributed by atoms with van der Waals surface area (Å²) in [6, 6.07) is 5.84. The summed E-state index contributed by atoms with van der Waals surface area (Å²) in [7, 11) is 0. The van der Waals surface area contributed by atoms with E-state index < -0.39 is 0 Å². The topological polar surface area (TPSA) is 79.3 Å². The third kappa shape index (κ3) is 5.65. The molecule has 0 aromatic heterocycles. The number of nitrogens with zero attached hydrogens (tertiary/aromatic N) is 3. The van der Waals surface area contributed by atoms with Crippen molar-refractivity contribution in [2.75, 3.05) is 39.4 Å². The molecule has 1 aliphatic carbocycles. The summed E-state index contributed by atoms with van der Waals surface area (Å²) in [5.41, 5.74) is 2.83. The first-order valence-corrected chi connectivity index (χ1v) is 13.1. The van der Waals surface area contributed by atoms with Gasteiger partial charge in [-0.15, -0.1) is 0 Å². The molecular weight excluding hydrogens is 461 g/mol. The minimum atomic E-state index is -0.349. The third-order valence-corrected chi connectivity index (χ3v) is 7.99. The van der Waals surface area contributed by atoms with Crippen molar-refractivity contribution >= 4 is 23.2 Å². The largest absolute Gasteiger partial charge is 0.376 e. The predicted molar refractivity (Wildman–Crippen MR) is 133 cm³/mol. The van der Waals surface area contributed by atoms with Crippen molar-refractivity contribution in [2.45, 2.75) is 51.5 Å². The summed E-state index contributed by atoms with van der Waals surface area (Å²) < 4.78 is 18.6. The first-order chi connectivity index (χ1) is 17.4. The minimum absolute atomic E-state index is 0.0479. The van der Waals surface area contributed by atoms with Crippen LogP contribution in [0.2, 0.25) is 0 Å². The van der Waals surface area contributed by atoms with Gasteiger partial charge in [0.1, 0.15) is 5.82 Å². The Labute approximate surface area is 211 Å². The number of aliphatic imine (C=N–C) groups is 1. The van der Waals surface area contributed by atoms with Gasteiger partial charge in [0.15, 0.2) is 11.6 Å². The standard InChI is InChI=1S/C28H34FN3O4/c1-18(19-2-3-19)32(15-23-14-26(33)24-17-36-13-10-25(24)30-23)27(34)16-31-11-8-21(9-12-31)28(35)20-4-6-22(29)7-5-20/h4-7,18-19,21H,2-3,8-17H2,1H3/t18-/m0/s1. The summed E-state index contributed by atoms with van der Waals surface area (Å²) in [6.45, 7) is 5.05. The molecule has 5 rings (SSSR count). The molecule has 1 aromatic carbocycles. The molecule has 1 aromatic rings. The fraction of sp³-hybridized carbons (Fsp3) is 0.571. The molecule has 0 bridgehead atoms. The monoisotopic (exact) mass is 495 g/mol. The van der Waals surface area contributed by atoms with Crippen molar-refractivity contribution < 1.29 is 23.5 Å². The first-order valence-electron chi connectivity index (χ1n) is 13.1. The van der Waals surface area contributed by atoms with E-state index in [1.807, 2.05) is 4.90 Å². The number of likely N-dealkylation sites (tertiary alicyclic amines) is 1. The molecule has 8 heteroatoms. The van der Waals surface area contributed by atoms with Gasteiger partial charge >= 0.3 is 0 Å². The minimum Gasteiger partial charge on any atom is -0.376 e. The Balaban J connectivity index is 1.20. The lowest BCUT2D eigenvalue weighted by Gasteiger charge is -2.35. The van der Waals surface area contributed by atoms with Crippen LogP contribution in [0.15, 0.2) is 40.5 Å². The second kappa shape index (κ2) is 10.7. The van der Waals surface area contributed by atoms with E-state index in [9.17, 15) is 18.8 Å². The molecule has 1 saturated carbocycles. The number of carbonyl (C=O) groups is 3. The number of amides is 1. The molecule has 0 N–H and O–H groups in total. The van der Waals surface area contributed by atoms with Crippen molar-refractivity contribution in [1.82, 2.24) is 9.80 Å². The van der Waals surface area contributed by atoms with E-state index in [-0.39, 0.29) is 41.7 Å². The molecule has 7 nitrogen and oxygen atoms in total. The van der Waals surface area contributed by atoms with E-state index in [4.69, 9.17) is 9.73 Å². The number of rotatable bonds is 8. The first kappa shape index (κ1) is 25.0. The van der Waals surface area contributed by atoms with Crippen molar-refractivity contribution in [2.24, 2.45) is 16.8 Å². The zero-order valence-electron chi connectivity index (χ0n) is 20.9. The molecule has 4 aliphatic rings. The lowest BCUT2D eigenvalue weighted by Crippen LogP contribution is -2.49. The van der Waals surface area contributed by atoms with Gasteiger partial charge in [-0.3, -0.25) is 24.3 Å². The molecule has 1 atom stereocenters. The van der Waals surface area contributed by atoms with Crippen LogP contribution in [0.4, 0.5) is 4.39 Å². The SMILES string of the molecule is C[C@@H](C1CC1)N(CC1=NC2=C(COCC2)C(=O)C1)C(=O)CN1CCC(C(=O)c2ccc(F)cc2)CC1. The molecule has 0 unspecified atom stereocenters. The highest BCUT2D eigenvalue weighted by atomic mass is 19.1. The number of ether oxygens (including phenoxy) is 1. The summed E-state index contributed by atoms with van der Waals surface area (Å²) in [5, 5.41) is 0. The Morgan fingerprint density at radius 3 is 2.58 bits per heavy atom. The fourth-order valence-electron chi connectivity index (χ4n) is 5.53. The number of halogens is 1. The average molecular weight is 496 g/mol. The van der Waals surface area contributed by atoms with E-state index in [2.05, 4.69) is 11.8 Å². The van der Waals surface area contributed by atoms with Crippen LogP contribution < -0.4 is 0 Å². The lowest BCUT2D eigenvalue weighted by atomic mass is 9.89. The number of hydrogen-bond donors (Lipinski definition) is 0. The van der Waals surface area contributed by atoms with Crippen molar-refractivity contribution in [3.8, 4) is 0 Å². The van der Waals surface area contributed by atoms with Crippen molar-refractivity contribution in [3.05, 3.63) is 46.9 Å². The van der Waals surface area contributed by atoms with Crippen LogP contribution in [-0.2, 0) is 14.3 Å². The van der Waals surface area contributed by atoms with Gasteiger partial charge < -0.3 is 9.64 Å². The van der Waals surface area contributed by atoms with E-state index in [1.54, 1.807) is 12.1 Å². The molecule has 3 aliphatic heterocycles. The van der Waals surface area contributed by atoms with E-state index in [0.29, 0.717) is 75.7 Å². The number of Topliss-reactive ketones (excluding diaryl/α,β-unsaturated/α-hetero) is 2. The number of piperidine rings is 1. The second-order valence-electron chi connectivity index (χ2n) is 10.5. The average Bonchev–Trinajstić information content (AvgIpc) is 3.73. The maximum atomic E-state index is 13.5. The zero-order chi connectivity index (χ0) is 25.2. The summed E-state index contributed by atoms with van der Waals surface area (Å²) >= 11 is 0. The number of hydrogen-bond acceptors (Lipinski definition) is 6. The number of carbonyl (C=O) groups excluding carboxylic acids is 3. The highest BCUT2D eigenvalue weighted by molar-refractivity contribution is 6.13. The maximum Gasteiger partial charge on any atom is 0.237 e. The summed E-state index contributed by atoms with van der Waals surface area (Å²) in [4.78, 5) is 47.8. The Hall–Kier alpha value is -2.71. The molecule has 0 spiro atoms. The number of benzene rings is 1. The Kier molecular flexibility index (Phi) is 7.44. The Morgan fingerprint density at radius 1 is 1.17 bits per heavy atom. The summed E-state index contributed by atoms with van der Waals surface area (Å²) in [5.74, 6) is 0.220. The molecule has 192 valence electrons. The number of ketones is 2. The molecule has 1 amide bonds. The molecule has 2 fully saturated rings. The van der Waals surface area contributed by atoms with Gasteiger partial charge in [0.25, 0.3) is 0 Å². The van der Waals surface area contributed by atoms with Crippen LogP contribution >= 0.6 is 0 Å². The predicted octanol–water partition coefficient (Wildman–Crippen LogP) is 3.44. The van der Waals surface area contributed by atoms with Gasteiger partial charge in [-0.2, -0.15) is 0 Å². The van der Waals surface area contributed by atoms with Crippen molar-refractivity contribution in [1.29, 1.82) is 0 Å². The Bertz CT molecular complexity index is 1080. The zero-order valence-corrected chi connectivity index (χ0v) is 20.9. The molecule has 36 heavy (non-hydrogen) atoms. The van der Waals surface area contributed by atoms with Crippen LogP contribution in [0.3, 0.4) is 0 Å². The van der Waals surface area contributed by atoms with E-state index in [0.717, 1.165) is 24.3 Å². The second-order valence-corrected chi connectivity index (χ2v) is 10.5. The quantitative estimate of drug-likeness (QED) is 0.517. The van der Waals surface area contributed by atoms with Crippen LogP contribution in [0.25, 0.3) is 0 Å². The van der Waals surface area contributed by atoms with Gasteiger partial charge in [-0.1, -0.05) is 0 Å². The van der Waals surface area contributed by atoms with Gasteiger partial charge in [-0.05, 0) is 75.9 Å². The van der Waals surface area contributed by atoms with Gasteiger partial charge in [0.2, 0.25) is 5.91 Å². The maximum absolute atomic E-state index is 13.5. The highest BCUT2D eigenvalue weighted by Gasteiger charge is 2.37. The molecular formula is C28H34FN3O4. The van der Waals surface area contributed by atoms with Crippen LogP contribution in [0.5, 0.6) is 0 Å². The third-order valence-electron chi connectivity index (χ3n) is 7.99.